The molecule has 0 saturated carbocycles. The summed E-state index contributed by atoms with van der Waals surface area (Å²) in [5, 5.41) is 7.60. The Morgan fingerprint density at radius 3 is 2.69 bits per heavy atom. The maximum absolute atomic E-state index is 12.4. The Balaban J connectivity index is 1.82. The zero-order valence-electron chi connectivity index (χ0n) is 15.2. The molecule has 1 N–H and O–H groups in total. The summed E-state index contributed by atoms with van der Waals surface area (Å²) in [6, 6.07) is 4.01. The molecule has 0 spiro atoms. The Kier molecular flexibility index (Phi) is 4.22. The van der Waals surface area contributed by atoms with Crippen molar-refractivity contribution in [2.24, 2.45) is 0 Å². The van der Waals surface area contributed by atoms with Crippen molar-refractivity contribution >= 4 is 11.7 Å². The normalized spacial score (nSPS) is 18.0. The third kappa shape index (κ3) is 2.58. The van der Waals surface area contributed by atoms with Gasteiger partial charge < -0.3 is 19.5 Å². The van der Waals surface area contributed by atoms with E-state index in [2.05, 4.69) is 24.3 Å². The Morgan fingerprint density at radius 1 is 1.27 bits per heavy atom. The largest absolute Gasteiger partial charge is 0.496 e. The second kappa shape index (κ2) is 6.55. The molecule has 1 amide bonds. The van der Waals surface area contributed by atoms with E-state index in [9.17, 15) is 4.79 Å². The van der Waals surface area contributed by atoms with Crippen LogP contribution in [0, 0.1) is 0 Å². The van der Waals surface area contributed by atoms with Gasteiger partial charge in [0.05, 0.1) is 19.3 Å². The molecule has 4 rings (SSSR count). The van der Waals surface area contributed by atoms with Gasteiger partial charge in [-0.05, 0) is 18.9 Å². The lowest BCUT2D eigenvalue weighted by Crippen LogP contribution is -2.26. The topological polar surface area (TPSA) is 74.6 Å². The first-order valence-electron chi connectivity index (χ1n) is 9.01. The van der Waals surface area contributed by atoms with Crippen molar-refractivity contribution in [3.8, 4) is 17.2 Å². The average Bonchev–Trinajstić information content (AvgIpc) is 3.27. The molecule has 1 atom stereocenters. The first-order valence-corrected chi connectivity index (χ1v) is 9.01. The van der Waals surface area contributed by atoms with Crippen molar-refractivity contribution in [3.05, 3.63) is 29.5 Å². The molecule has 138 valence electrons. The van der Waals surface area contributed by atoms with Crippen LogP contribution in [0.5, 0.6) is 17.2 Å². The van der Waals surface area contributed by atoms with E-state index in [0.717, 1.165) is 29.8 Å². The molecule has 26 heavy (non-hydrogen) atoms. The number of amides is 1. The zero-order valence-corrected chi connectivity index (χ0v) is 15.2. The molecule has 0 fully saturated rings. The fourth-order valence-electron chi connectivity index (χ4n) is 3.82. The van der Waals surface area contributed by atoms with Crippen molar-refractivity contribution < 1.29 is 19.0 Å². The average molecular weight is 357 g/mol. The van der Waals surface area contributed by atoms with Gasteiger partial charge in [0.1, 0.15) is 11.6 Å². The van der Waals surface area contributed by atoms with Crippen molar-refractivity contribution in [1.82, 2.24) is 9.78 Å². The minimum Gasteiger partial charge on any atom is -0.496 e. The van der Waals surface area contributed by atoms with Gasteiger partial charge in [-0.1, -0.05) is 13.8 Å². The number of fused-ring (bicyclic) bond motifs is 2. The van der Waals surface area contributed by atoms with Crippen LogP contribution in [0.1, 0.15) is 56.2 Å². The predicted molar refractivity (Wildman–Crippen MR) is 96.1 cm³/mol. The second-order valence-electron chi connectivity index (χ2n) is 6.62. The van der Waals surface area contributed by atoms with E-state index in [0.29, 0.717) is 23.7 Å². The number of hydrogen-bond donors (Lipinski definition) is 1. The molecule has 2 aromatic rings. The SMILES string of the molecule is CCC(CC)n1ncc2c1NC(=O)CC2c1cc2c(cc1OC)OCO2. The predicted octanol–water partition coefficient (Wildman–Crippen LogP) is 3.46. The highest BCUT2D eigenvalue weighted by atomic mass is 16.7. The first kappa shape index (κ1) is 16.8. The van der Waals surface area contributed by atoms with Crippen LogP contribution in [0.2, 0.25) is 0 Å². The van der Waals surface area contributed by atoms with Gasteiger partial charge in [-0.25, -0.2) is 4.68 Å². The summed E-state index contributed by atoms with van der Waals surface area (Å²) < 4.78 is 18.5. The van der Waals surface area contributed by atoms with Crippen molar-refractivity contribution in [1.29, 1.82) is 0 Å². The summed E-state index contributed by atoms with van der Waals surface area (Å²) in [5.41, 5.74) is 1.92. The molecule has 3 heterocycles. The lowest BCUT2D eigenvalue weighted by molar-refractivity contribution is -0.116. The van der Waals surface area contributed by atoms with Gasteiger partial charge in [0.15, 0.2) is 11.5 Å². The number of carbonyl (C=O) groups excluding carboxylic acids is 1. The van der Waals surface area contributed by atoms with Gasteiger partial charge in [-0.15, -0.1) is 0 Å². The Bertz CT molecular complexity index is 842. The minimum absolute atomic E-state index is 0.0186. The Labute approximate surface area is 152 Å². The summed E-state index contributed by atoms with van der Waals surface area (Å²) in [4.78, 5) is 12.4. The van der Waals surface area contributed by atoms with Crippen LogP contribution in [0.4, 0.5) is 5.82 Å². The van der Waals surface area contributed by atoms with E-state index in [1.54, 1.807) is 7.11 Å². The minimum atomic E-state index is -0.133. The van der Waals surface area contributed by atoms with E-state index in [1.807, 2.05) is 23.0 Å². The summed E-state index contributed by atoms with van der Waals surface area (Å²) in [7, 11) is 1.62. The molecule has 7 nitrogen and oxygen atoms in total. The molecular weight excluding hydrogens is 334 g/mol. The van der Waals surface area contributed by atoms with Gasteiger partial charge in [0.2, 0.25) is 12.7 Å². The molecule has 0 radical (unpaired) electrons. The molecule has 0 bridgehead atoms. The number of methoxy groups -OCH3 is 1. The van der Waals surface area contributed by atoms with Gasteiger partial charge in [0.25, 0.3) is 0 Å². The highest BCUT2D eigenvalue weighted by Crippen LogP contribution is 2.46. The summed E-state index contributed by atoms with van der Waals surface area (Å²) in [6.07, 6.45) is 4.12. The van der Waals surface area contributed by atoms with Crippen molar-refractivity contribution in [2.45, 2.75) is 45.1 Å². The lowest BCUT2D eigenvalue weighted by atomic mass is 9.86. The molecule has 1 unspecified atom stereocenters. The maximum atomic E-state index is 12.4. The van der Waals surface area contributed by atoms with Gasteiger partial charge in [-0.3, -0.25) is 4.79 Å². The first-order chi connectivity index (χ1) is 12.7. The molecule has 2 aliphatic heterocycles. The standard InChI is InChI=1S/C19H23N3O4/c1-4-11(5-2)22-19-14(9-20-22)12(7-18(23)21-19)13-6-16-17(26-10-25-16)8-15(13)24-3/h6,8-9,11-12H,4-5,7,10H2,1-3H3,(H,21,23). The molecule has 7 heteroatoms. The summed E-state index contributed by atoms with van der Waals surface area (Å²) >= 11 is 0. The number of ether oxygens (including phenoxy) is 3. The highest BCUT2D eigenvalue weighted by Gasteiger charge is 2.34. The fraction of sp³-hybridized carbons (Fsp3) is 0.474. The van der Waals surface area contributed by atoms with Gasteiger partial charge in [-0.2, -0.15) is 5.10 Å². The van der Waals surface area contributed by atoms with Crippen LogP contribution >= 0.6 is 0 Å². The molecular formula is C19H23N3O4. The number of nitrogens with one attached hydrogen (secondary N) is 1. The van der Waals surface area contributed by atoms with Gasteiger partial charge in [0, 0.05) is 29.5 Å². The fourth-order valence-corrected chi connectivity index (χ4v) is 3.82. The monoisotopic (exact) mass is 357 g/mol. The zero-order chi connectivity index (χ0) is 18.3. The Hall–Kier alpha value is -2.70. The summed E-state index contributed by atoms with van der Waals surface area (Å²) in [5.74, 6) is 2.68. The molecule has 0 aliphatic carbocycles. The van der Waals surface area contributed by atoms with Crippen LogP contribution in [0.15, 0.2) is 18.3 Å². The van der Waals surface area contributed by atoms with Gasteiger partial charge >= 0.3 is 0 Å². The number of rotatable bonds is 5. The highest BCUT2D eigenvalue weighted by molar-refractivity contribution is 5.94. The smallest absolute Gasteiger partial charge is 0.231 e. The molecule has 2 aliphatic rings. The van der Waals surface area contributed by atoms with E-state index < -0.39 is 0 Å². The summed E-state index contributed by atoms with van der Waals surface area (Å²) in [6.45, 7) is 4.46. The number of nitrogens with zero attached hydrogens (tertiary/aromatic N) is 2. The van der Waals surface area contributed by atoms with Crippen LogP contribution in [0.3, 0.4) is 0 Å². The van der Waals surface area contributed by atoms with Crippen LogP contribution in [0.25, 0.3) is 0 Å². The van der Waals surface area contributed by atoms with Crippen LogP contribution < -0.4 is 19.5 Å². The van der Waals surface area contributed by atoms with E-state index in [4.69, 9.17) is 14.2 Å². The second-order valence-corrected chi connectivity index (χ2v) is 6.62. The van der Waals surface area contributed by atoms with E-state index in [1.165, 1.54) is 0 Å². The maximum Gasteiger partial charge on any atom is 0.231 e. The van der Waals surface area contributed by atoms with Crippen LogP contribution in [-0.2, 0) is 4.79 Å². The molecule has 0 saturated heterocycles. The molecule has 1 aromatic carbocycles. The van der Waals surface area contributed by atoms with Crippen molar-refractivity contribution in [2.75, 3.05) is 19.2 Å². The number of aromatic nitrogens is 2. The van der Waals surface area contributed by atoms with E-state index >= 15 is 0 Å². The van der Waals surface area contributed by atoms with Crippen LogP contribution in [-0.4, -0.2) is 29.6 Å². The lowest BCUT2D eigenvalue weighted by Gasteiger charge is -2.26. The third-order valence-corrected chi connectivity index (χ3v) is 5.24. The quantitative estimate of drug-likeness (QED) is 0.887. The molecule has 1 aromatic heterocycles. The van der Waals surface area contributed by atoms with Crippen molar-refractivity contribution in [3.63, 3.8) is 0 Å². The number of benzene rings is 1. The number of carbonyl (C=O) groups is 1. The number of hydrogen-bond acceptors (Lipinski definition) is 5. The third-order valence-electron chi connectivity index (χ3n) is 5.24. The van der Waals surface area contributed by atoms with E-state index in [-0.39, 0.29) is 24.7 Å². The Morgan fingerprint density at radius 2 is 2.00 bits per heavy atom. The number of anilines is 1.